The molecule has 2 rings (SSSR count). The summed E-state index contributed by atoms with van der Waals surface area (Å²) in [5, 5.41) is 0.418. The summed E-state index contributed by atoms with van der Waals surface area (Å²) < 4.78 is 15.4. The summed E-state index contributed by atoms with van der Waals surface area (Å²) in [6, 6.07) is 6.88. The van der Waals surface area contributed by atoms with Crippen LogP contribution in [0.4, 0.5) is 0 Å². The Morgan fingerprint density at radius 1 is 1.40 bits per heavy atom. The third-order valence-corrected chi connectivity index (χ3v) is 3.12. The topological polar surface area (TPSA) is 43.1 Å². The van der Waals surface area contributed by atoms with Gasteiger partial charge in [0.05, 0.1) is 0 Å². The molecule has 2 nitrogen and oxygen atoms in total. The summed E-state index contributed by atoms with van der Waals surface area (Å²) in [4.78, 5) is 12.2. The van der Waals surface area contributed by atoms with Crippen molar-refractivity contribution in [3.8, 4) is 0 Å². The Labute approximate surface area is 97.2 Å². The largest absolute Gasteiger partial charge is 0.315 e. The highest BCUT2D eigenvalue weighted by atomic mass is 35.5. The summed E-state index contributed by atoms with van der Waals surface area (Å²) >= 11 is 6.05. The Hall–Kier alpha value is -0.860. The van der Waals surface area contributed by atoms with Crippen LogP contribution in [0.5, 0.6) is 0 Å². The molecule has 3 heteroatoms. The average Bonchev–Trinajstić information content (AvgIpc) is 2.26. The Kier molecular flexibility index (Phi) is 2.19. The Morgan fingerprint density at radius 3 is 2.87 bits per heavy atom. The van der Waals surface area contributed by atoms with Gasteiger partial charge in [0.2, 0.25) is 0 Å². The normalized spacial score (nSPS) is 32.0. The second-order valence-electron chi connectivity index (χ2n) is 3.81. The molecule has 15 heavy (non-hydrogen) atoms. The molecule has 80 valence electrons. The minimum Gasteiger partial charge on any atom is -0.315 e. The summed E-state index contributed by atoms with van der Waals surface area (Å²) in [5.41, 5.74) is 5.36. The third-order valence-electron chi connectivity index (χ3n) is 2.79. The van der Waals surface area contributed by atoms with E-state index in [0.717, 1.165) is 0 Å². The highest BCUT2D eigenvalue weighted by molar-refractivity contribution is 6.31. The van der Waals surface area contributed by atoms with E-state index in [1.54, 1.807) is 24.3 Å². The summed E-state index contributed by atoms with van der Waals surface area (Å²) in [7, 11) is 0. The van der Waals surface area contributed by atoms with Crippen molar-refractivity contribution in [3.63, 3.8) is 0 Å². The lowest BCUT2D eigenvalue weighted by molar-refractivity contribution is -0.126. The summed E-state index contributed by atoms with van der Waals surface area (Å²) in [6.07, 6.45) is -0.600. The highest BCUT2D eigenvalue weighted by Gasteiger charge is 2.38. The fourth-order valence-corrected chi connectivity index (χ4v) is 2.22. The van der Waals surface area contributed by atoms with E-state index in [1.165, 1.54) is 0 Å². The second kappa shape index (κ2) is 3.95. The van der Waals surface area contributed by atoms with Crippen molar-refractivity contribution in [2.75, 3.05) is 0 Å². The zero-order chi connectivity index (χ0) is 12.7. The molecule has 0 saturated heterocycles. The lowest BCUT2D eigenvalue weighted by Crippen LogP contribution is -2.47. The van der Waals surface area contributed by atoms with Crippen molar-refractivity contribution in [1.82, 2.24) is 0 Å². The zero-order valence-electron chi connectivity index (χ0n) is 10.3. The van der Waals surface area contributed by atoms with Crippen LogP contribution in [0.3, 0.4) is 0 Å². The molecule has 1 saturated carbocycles. The van der Waals surface area contributed by atoms with Crippen LogP contribution in [0.2, 0.25) is 5.02 Å². The molecular weight excluding hydrogens is 210 g/mol. The van der Waals surface area contributed by atoms with Crippen LogP contribution in [-0.2, 0) is 10.3 Å². The maximum Gasteiger partial charge on any atom is 0.157 e. The smallest absolute Gasteiger partial charge is 0.157 e. The average molecular weight is 226 g/mol. The first-order valence-electron chi connectivity index (χ1n) is 5.97. The summed E-state index contributed by atoms with van der Waals surface area (Å²) in [5.74, 6) is -0.565. The second-order valence-corrected chi connectivity index (χ2v) is 4.22. The first kappa shape index (κ1) is 8.31. The molecule has 0 amide bonds. The molecule has 2 N–H and O–H groups in total. The molecular formula is C12H14ClNO. The highest BCUT2D eigenvalue weighted by Crippen LogP contribution is 2.35. The van der Waals surface area contributed by atoms with Crippen LogP contribution < -0.4 is 5.73 Å². The molecule has 0 spiro atoms. The molecule has 0 aromatic heterocycles. The van der Waals surface area contributed by atoms with Crippen LogP contribution >= 0.6 is 11.6 Å². The maximum atomic E-state index is 12.2. The van der Waals surface area contributed by atoms with Crippen molar-refractivity contribution < 1.29 is 7.54 Å². The van der Waals surface area contributed by atoms with Crippen LogP contribution in [0.15, 0.2) is 24.3 Å². The van der Waals surface area contributed by atoms with E-state index in [1.807, 2.05) is 0 Å². The first-order valence-corrected chi connectivity index (χ1v) is 5.34. The van der Waals surface area contributed by atoms with Gasteiger partial charge in [-0.15, -0.1) is 0 Å². The predicted molar refractivity (Wildman–Crippen MR) is 60.8 cm³/mol. The SMILES string of the molecule is [2H]C1([2H])CCCC(N)(c2ccccc2Cl)C1=O. The fraction of sp³-hybridized carbons (Fsp3) is 0.417. The van der Waals surface area contributed by atoms with Gasteiger partial charge in [-0.3, -0.25) is 4.79 Å². The third kappa shape index (κ3) is 1.80. The van der Waals surface area contributed by atoms with E-state index in [2.05, 4.69) is 0 Å². The molecule has 0 bridgehead atoms. The number of rotatable bonds is 1. The minimum absolute atomic E-state index is 0.231. The van der Waals surface area contributed by atoms with Crippen molar-refractivity contribution >= 4 is 17.4 Å². The zero-order valence-corrected chi connectivity index (χ0v) is 9.05. The van der Waals surface area contributed by atoms with E-state index >= 15 is 0 Å². The minimum atomic E-state index is -1.85. The van der Waals surface area contributed by atoms with E-state index in [0.29, 0.717) is 23.4 Å². The Bertz CT molecular complexity index is 464. The van der Waals surface area contributed by atoms with Crippen molar-refractivity contribution in [3.05, 3.63) is 34.9 Å². The van der Waals surface area contributed by atoms with Gasteiger partial charge < -0.3 is 5.73 Å². The van der Waals surface area contributed by atoms with Gasteiger partial charge >= 0.3 is 0 Å². The Morgan fingerprint density at radius 2 is 2.13 bits per heavy atom. The van der Waals surface area contributed by atoms with E-state index in [4.69, 9.17) is 20.1 Å². The molecule has 1 unspecified atom stereocenters. The van der Waals surface area contributed by atoms with Gasteiger partial charge in [-0.05, 0) is 24.5 Å². The van der Waals surface area contributed by atoms with Crippen LogP contribution in [-0.4, -0.2) is 5.78 Å². The fourth-order valence-electron chi connectivity index (χ4n) is 1.92. The molecule has 1 aliphatic carbocycles. The van der Waals surface area contributed by atoms with E-state index in [9.17, 15) is 4.79 Å². The van der Waals surface area contributed by atoms with Crippen LogP contribution in [0, 0.1) is 0 Å². The molecule has 0 aliphatic heterocycles. The molecule has 1 aromatic carbocycles. The monoisotopic (exact) mass is 225 g/mol. The quantitative estimate of drug-likeness (QED) is 0.799. The van der Waals surface area contributed by atoms with Crippen LogP contribution in [0.25, 0.3) is 0 Å². The molecule has 0 radical (unpaired) electrons. The van der Waals surface area contributed by atoms with Crippen LogP contribution in [0.1, 0.15) is 33.9 Å². The maximum absolute atomic E-state index is 12.2. The number of carbonyl (C=O) groups excluding carboxylic acids is 1. The molecule has 1 atom stereocenters. The van der Waals surface area contributed by atoms with Crippen molar-refractivity contribution in [2.45, 2.75) is 31.2 Å². The summed E-state index contributed by atoms with van der Waals surface area (Å²) in [6.45, 7) is 0. The van der Waals surface area contributed by atoms with Crippen molar-refractivity contribution in [1.29, 1.82) is 0 Å². The van der Waals surface area contributed by atoms with Gasteiger partial charge in [0, 0.05) is 14.1 Å². The lowest BCUT2D eigenvalue weighted by atomic mass is 9.76. The van der Waals surface area contributed by atoms with E-state index in [-0.39, 0.29) is 6.42 Å². The van der Waals surface area contributed by atoms with Crippen molar-refractivity contribution in [2.24, 2.45) is 5.73 Å². The van der Waals surface area contributed by atoms with Gasteiger partial charge in [0.25, 0.3) is 0 Å². The first-order chi connectivity index (χ1) is 7.88. The Balaban J connectivity index is 2.49. The molecule has 0 heterocycles. The number of ketones is 1. The number of hydrogen-bond acceptors (Lipinski definition) is 2. The number of halogens is 1. The van der Waals surface area contributed by atoms with Gasteiger partial charge in [0.1, 0.15) is 5.54 Å². The van der Waals surface area contributed by atoms with E-state index < -0.39 is 17.7 Å². The number of carbonyl (C=O) groups is 1. The number of nitrogens with two attached hydrogens (primary N) is 1. The van der Waals surface area contributed by atoms with Gasteiger partial charge in [-0.1, -0.05) is 36.2 Å². The molecule has 1 fully saturated rings. The van der Waals surface area contributed by atoms with Gasteiger partial charge in [-0.25, -0.2) is 0 Å². The number of benzene rings is 1. The van der Waals surface area contributed by atoms with Gasteiger partial charge in [-0.2, -0.15) is 0 Å². The lowest BCUT2D eigenvalue weighted by Gasteiger charge is -2.32. The molecule has 1 aliphatic rings. The van der Waals surface area contributed by atoms with Gasteiger partial charge in [0.15, 0.2) is 5.78 Å². The number of hydrogen-bond donors (Lipinski definition) is 1. The predicted octanol–water partition coefficient (Wildman–Crippen LogP) is 2.64. The molecule has 1 aromatic rings. The standard InChI is InChI=1S/C12H14ClNO/c13-10-6-2-1-5-9(10)12(14)8-4-3-7-11(12)15/h1-2,5-6H,3-4,7-8,14H2/i7D2. The number of Topliss-reactive ketones (excluding diaryl/α,β-unsaturated/α-hetero) is 1.